The van der Waals surface area contributed by atoms with Gasteiger partial charge in [0.1, 0.15) is 5.75 Å². The molecule has 2 rings (SSSR count). The van der Waals surface area contributed by atoms with E-state index in [1.54, 1.807) is 13.2 Å². The summed E-state index contributed by atoms with van der Waals surface area (Å²) in [5.41, 5.74) is 2.68. The monoisotopic (exact) mass is 285 g/mol. The summed E-state index contributed by atoms with van der Waals surface area (Å²) in [6, 6.07) is 15.0. The molecular weight excluding hydrogens is 269 g/mol. The fraction of sp³-hybridized carbons (Fsp3) is 0.118. The molecule has 0 fully saturated rings. The SMILES string of the molecule is C=C(F)C(=O)Nc1cccc(Cc2ccc(OC)cc2)c1. The molecule has 1 amide bonds. The topological polar surface area (TPSA) is 38.3 Å². The number of carbonyl (C=O) groups excluding carboxylic acids is 1. The van der Waals surface area contributed by atoms with Crippen LogP contribution in [0.1, 0.15) is 11.1 Å². The van der Waals surface area contributed by atoms with Crippen LogP contribution in [0.5, 0.6) is 5.75 Å². The van der Waals surface area contributed by atoms with Gasteiger partial charge in [-0.2, -0.15) is 0 Å². The Morgan fingerprint density at radius 3 is 2.52 bits per heavy atom. The van der Waals surface area contributed by atoms with Gasteiger partial charge in [0.05, 0.1) is 7.11 Å². The summed E-state index contributed by atoms with van der Waals surface area (Å²) in [5, 5.41) is 2.45. The van der Waals surface area contributed by atoms with E-state index in [1.807, 2.05) is 42.5 Å². The average molecular weight is 285 g/mol. The van der Waals surface area contributed by atoms with Crippen molar-refractivity contribution in [3.05, 3.63) is 72.1 Å². The highest BCUT2D eigenvalue weighted by atomic mass is 19.1. The molecule has 2 aromatic carbocycles. The Labute approximate surface area is 123 Å². The Balaban J connectivity index is 2.09. The number of amides is 1. The molecule has 0 aliphatic rings. The van der Waals surface area contributed by atoms with Crippen molar-refractivity contribution in [1.82, 2.24) is 0 Å². The van der Waals surface area contributed by atoms with E-state index < -0.39 is 11.7 Å². The molecule has 0 spiro atoms. The van der Waals surface area contributed by atoms with Gasteiger partial charge < -0.3 is 10.1 Å². The third kappa shape index (κ3) is 4.18. The molecule has 0 saturated carbocycles. The molecule has 0 aliphatic heterocycles. The number of rotatable bonds is 5. The lowest BCUT2D eigenvalue weighted by molar-refractivity contribution is -0.114. The highest BCUT2D eigenvalue weighted by molar-refractivity contribution is 6.01. The van der Waals surface area contributed by atoms with Gasteiger partial charge in [-0.25, -0.2) is 4.39 Å². The van der Waals surface area contributed by atoms with E-state index in [-0.39, 0.29) is 0 Å². The summed E-state index contributed by atoms with van der Waals surface area (Å²) >= 11 is 0. The van der Waals surface area contributed by atoms with Gasteiger partial charge in [0.25, 0.3) is 5.91 Å². The quantitative estimate of drug-likeness (QED) is 0.850. The van der Waals surface area contributed by atoms with Crippen LogP contribution >= 0.6 is 0 Å². The van der Waals surface area contributed by atoms with Gasteiger partial charge >= 0.3 is 0 Å². The molecule has 0 aromatic heterocycles. The van der Waals surface area contributed by atoms with Crippen LogP contribution in [0.15, 0.2) is 60.9 Å². The summed E-state index contributed by atoms with van der Waals surface area (Å²) in [5.74, 6) is -1.02. The molecule has 0 radical (unpaired) electrons. The number of methoxy groups -OCH3 is 1. The predicted octanol–water partition coefficient (Wildman–Crippen LogP) is 3.71. The molecule has 0 heterocycles. The van der Waals surface area contributed by atoms with E-state index in [1.165, 1.54) is 0 Å². The lowest BCUT2D eigenvalue weighted by atomic mass is 10.0. The second-order valence-electron chi connectivity index (χ2n) is 4.58. The first-order chi connectivity index (χ1) is 10.1. The van der Waals surface area contributed by atoms with E-state index in [4.69, 9.17) is 4.74 Å². The smallest absolute Gasteiger partial charge is 0.283 e. The number of benzene rings is 2. The predicted molar refractivity (Wildman–Crippen MR) is 81.1 cm³/mol. The first-order valence-electron chi connectivity index (χ1n) is 6.46. The molecule has 0 unspecified atom stereocenters. The van der Waals surface area contributed by atoms with Crippen LogP contribution in [0.25, 0.3) is 0 Å². The van der Waals surface area contributed by atoms with E-state index in [0.717, 1.165) is 16.9 Å². The van der Waals surface area contributed by atoms with E-state index in [2.05, 4.69) is 11.9 Å². The zero-order chi connectivity index (χ0) is 15.2. The Morgan fingerprint density at radius 2 is 1.90 bits per heavy atom. The van der Waals surface area contributed by atoms with Crippen molar-refractivity contribution in [2.45, 2.75) is 6.42 Å². The molecular formula is C17H16FNO2. The lowest BCUT2D eigenvalue weighted by Gasteiger charge is -2.07. The van der Waals surface area contributed by atoms with Crippen LogP contribution in [0.3, 0.4) is 0 Å². The summed E-state index contributed by atoms with van der Waals surface area (Å²) in [4.78, 5) is 11.3. The van der Waals surface area contributed by atoms with Gasteiger partial charge in [0, 0.05) is 5.69 Å². The molecule has 0 atom stereocenters. The van der Waals surface area contributed by atoms with Gasteiger partial charge in [0.2, 0.25) is 0 Å². The summed E-state index contributed by atoms with van der Waals surface area (Å²) in [7, 11) is 1.62. The van der Waals surface area contributed by atoms with Crippen LogP contribution in [0, 0.1) is 0 Å². The zero-order valence-corrected chi connectivity index (χ0v) is 11.7. The Bertz CT molecular complexity index is 650. The number of hydrogen-bond acceptors (Lipinski definition) is 2. The highest BCUT2D eigenvalue weighted by Crippen LogP contribution is 2.17. The third-order valence-electron chi connectivity index (χ3n) is 3.00. The Kier molecular flexibility index (Phi) is 4.72. The fourth-order valence-electron chi connectivity index (χ4n) is 1.94. The minimum absolute atomic E-state index is 0.546. The lowest BCUT2D eigenvalue weighted by Crippen LogP contribution is -2.11. The van der Waals surface area contributed by atoms with Crippen molar-refractivity contribution in [1.29, 1.82) is 0 Å². The van der Waals surface area contributed by atoms with Gasteiger partial charge in [-0.15, -0.1) is 0 Å². The molecule has 3 nitrogen and oxygen atoms in total. The van der Waals surface area contributed by atoms with E-state index in [9.17, 15) is 9.18 Å². The maximum atomic E-state index is 12.7. The van der Waals surface area contributed by atoms with Crippen molar-refractivity contribution in [2.75, 3.05) is 12.4 Å². The number of anilines is 1. The zero-order valence-electron chi connectivity index (χ0n) is 11.7. The second-order valence-corrected chi connectivity index (χ2v) is 4.58. The Morgan fingerprint density at radius 1 is 1.19 bits per heavy atom. The standard InChI is InChI=1S/C17H16FNO2/c1-12(18)17(20)19-15-5-3-4-14(11-15)10-13-6-8-16(21-2)9-7-13/h3-9,11H,1,10H2,2H3,(H,19,20). The average Bonchev–Trinajstić information content (AvgIpc) is 2.48. The minimum Gasteiger partial charge on any atom is -0.497 e. The number of nitrogens with one attached hydrogen (secondary N) is 1. The van der Waals surface area contributed by atoms with Crippen LogP contribution in [-0.4, -0.2) is 13.0 Å². The normalized spacial score (nSPS) is 10.0. The Hall–Kier alpha value is -2.62. The first-order valence-corrected chi connectivity index (χ1v) is 6.46. The number of ether oxygens (including phenoxy) is 1. The summed E-state index contributed by atoms with van der Waals surface area (Å²) < 4.78 is 17.8. The second kappa shape index (κ2) is 6.70. The van der Waals surface area contributed by atoms with Crippen molar-refractivity contribution in [2.24, 2.45) is 0 Å². The van der Waals surface area contributed by atoms with Crippen molar-refractivity contribution in [3.63, 3.8) is 0 Å². The molecule has 4 heteroatoms. The third-order valence-corrected chi connectivity index (χ3v) is 3.00. The number of hydrogen-bond donors (Lipinski definition) is 1. The maximum Gasteiger partial charge on any atom is 0.283 e. The van der Waals surface area contributed by atoms with Crippen LogP contribution in [0.2, 0.25) is 0 Å². The van der Waals surface area contributed by atoms with Gasteiger partial charge in [-0.05, 0) is 41.8 Å². The van der Waals surface area contributed by atoms with Crippen molar-refractivity contribution >= 4 is 11.6 Å². The summed E-state index contributed by atoms with van der Waals surface area (Å²) in [6.07, 6.45) is 0.713. The molecule has 0 bridgehead atoms. The van der Waals surface area contributed by atoms with E-state index >= 15 is 0 Å². The maximum absolute atomic E-state index is 12.7. The summed E-state index contributed by atoms with van der Waals surface area (Å²) in [6.45, 7) is 2.97. The minimum atomic E-state index is -1.00. The van der Waals surface area contributed by atoms with Crippen molar-refractivity contribution < 1.29 is 13.9 Å². The molecule has 1 N–H and O–H groups in total. The molecule has 0 saturated heterocycles. The number of halogens is 1. The van der Waals surface area contributed by atoms with Gasteiger partial charge in [-0.3, -0.25) is 4.79 Å². The van der Waals surface area contributed by atoms with Crippen LogP contribution in [-0.2, 0) is 11.2 Å². The highest BCUT2D eigenvalue weighted by Gasteiger charge is 2.06. The molecule has 2 aromatic rings. The molecule has 0 aliphatic carbocycles. The fourth-order valence-corrected chi connectivity index (χ4v) is 1.94. The van der Waals surface area contributed by atoms with Crippen molar-refractivity contribution in [3.8, 4) is 5.75 Å². The molecule has 21 heavy (non-hydrogen) atoms. The van der Waals surface area contributed by atoms with Crippen LogP contribution in [0.4, 0.5) is 10.1 Å². The first kappa shape index (κ1) is 14.8. The van der Waals surface area contributed by atoms with E-state index in [0.29, 0.717) is 12.1 Å². The van der Waals surface area contributed by atoms with Crippen LogP contribution < -0.4 is 10.1 Å². The van der Waals surface area contributed by atoms with Gasteiger partial charge in [0.15, 0.2) is 5.83 Å². The number of carbonyl (C=O) groups is 1. The van der Waals surface area contributed by atoms with Gasteiger partial charge in [-0.1, -0.05) is 30.8 Å². The molecule has 108 valence electrons. The largest absolute Gasteiger partial charge is 0.497 e.